The predicted molar refractivity (Wildman–Crippen MR) is 175 cm³/mol. The molecule has 0 aliphatic carbocycles. The molecule has 0 spiro atoms. The Morgan fingerprint density at radius 2 is 0.838 bits per heavy atom. The van der Waals surface area contributed by atoms with E-state index >= 15 is 0 Å². The van der Waals surface area contributed by atoms with Crippen molar-refractivity contribution in [3.8, 4) is 0 Å². The zero-order valence-electron chi connectivity index (χ0n) is 26.7. The van der Waals surface area contributed by atoms with E-state index in [0.29, 0.717) is 6.79 Å². The van der Waals surface area contributed by atoms with Crippen LogP contribution in [0.2, 0.25) is 0 Å². The number of hydrogen-bond donors (Lipinski definition) is 0. The zero-order chi connectivity index (χ0) is 27.9. The molecule has 7 atom stereocenters. The predicted octanol–water partition coefficient (Wildman–Crippen LogP) is 11.7. The third-order valence-corrected chi connectivity index (χ3v) is 8.97. The van der Waals surface area contributed by atoms with Crippen LogP contribution in [0, 0.1) is 41.4 Å². The van der Waals surface area contributed by atoms with Gasteiger partial charge in [-0.05, 0) is 116 Å². The highest BCUT2D eigenvalue weighted by molar-refractivity contribution is 14.1. The fourth-order valence-corrected chi connectivity index (χ4v) is 7.22. The van der Waals surface area contributed by atoms with Gasteiger partial charge in [-0.1, -0.05) is 104 Å². The molecule has 0 heterocycles. The maximum Gasteiger partial charge on any atom is 0.146 e. The summed E-state index contributed by atoms with van der Waals surface area (Å²) in [6.07, 6.45) is 20.1. The van der Waals surface area contributed by atoms with Gasteiger partial charge in [0, 0.05) is 13.2 Å². The van der Waals surface area contributed by atoms with Crippen LogP contribution >= 0.6 is 22.6 Å². The van der Waals surface area contributed by atoms with Crippen molar-refractivity contribution in [2.45, 2.75) is 152 Å². The molecule has 0 aliphatic rings. The summed E-state index contributed by atoms with van der Waals surface area (Å²) in [5.74, 6) is 5.97. The third kappa shape index (κ3) is 25.4. The molecular formula is C34H69IO2. The molecule has 0 aliphatic heterocycles. The van der Waals surface area contributed by atoms with Crippen LogP contribution < -0.4 is 0 Å². The standard InChI is InChI=1S/C34H69IO2/c1-9-10-11-12-13-19-36-27-37-20-15-17-29(3)22-31(5)24-33(7)26-34(8)25-32(6)23-30(4)21-28(2)16-14-18-35/h28-34H,9-27H2,1-8H3. The van der Waals surface area contributed by atoms with Crippen LogP contribution in [0.25, 0.3) is 0 Å². The van der Waals surface area contributed by atoms with E-state index in [2.05, 4.69) is 78.0 Å². The lowest BCUT2D eigenvalue weighted by atomic mass is 9.80. The van der Waals surface area contributed by atoms with Gasteiger partial charge in [0.25, 0.3) is 0 Å². The highest BCUT2D eigenvalue weighted by atomic mass is 127. The molecule has 0 N–H and O–H groups in total. The van der Waals surface area contributed by atoms with Crippen molar-refractivity contribution in [2.24, 2.45) is 41.4 Å². The fourth-order valence-electron chi connectivity index (χ4n) is 6.78. The van der Waals surface area contributed by atoms with Gasteiger partial charge in [-0.15, -0.1) is 0 Å². The van der Waals surface area contributed by atoms with Crippen molar-refractivity contribution in [3.05, 3.63) is 0 Å². The number of unbranched alkanes of at least 4 members (excludes halogenated alkanes) is 4. The van der Waals surface area contributed by atoms with Gasteiger partial charge in [0.15, 0.2) is 0 Å². The Bertz CT molecular complexity index is 471. The minimum Gasteiger partial charge on any atom is -0.355 e. The van der Waals surface area contributed by atoms with Crippen LogP contribution in [-0.4, -0.2) is 24.4 Å². The Labute approximate surface area is 248 Å². The van der Waals surface area contributed by atoms with E-state index in [9.17, 15) is 0 Å². The van der Waals surface area contributed by atoms with E-state index in [0.717, 1.165) is 61.1 Å². The normalized spacial score (nSPS) is 17.8. The van der Waals surface area contributed by atoms with E-state index in [-0.39, 0.29) is 0 Å². The Balaban J connectivity index is 3.85. The molecule has 7 unspecified atom stereocenters. The van der Waals surface area contributed by atoms with Crippen LogP contribution in [0.3, 0.4) is 0 Å². The van der Waals surface area contributed by atoms with Crippen LogP contribution in [0.15, 0.2) is 0 Å². The first-order valence-electron chi connectivity index (χ1n) is 16.4. The molecule has 0 saturated carbocycles. The van der Waals surface area contributed by atoms with Crippen LogP contribution in [-0.2, 0) is 9.47 Å². The topological polar surface area (TPSA) is 18.5 Å². The monoisotopic (exact) mass is 636 g/mol. The molecule has 0 bridgehead atoms. The van der Waals surface area contributed by atoms with Crippen molar-refractivity contribution in [2.75, 3.05) is 24.4 Å². The average molecular weight is 637 g/mol. The highest BCUT2D eigenvalue weighted by Crippen LogP contribution is 2.30. The SMILES string of the molecule is CCCCCCCOCOCCCC(C)CC(C)CC(C)CC(C)CC(C)CC(C)CC(C)CCCI. The van der Waals surface area contributed by atoms with Crippen molar-refractivity contribution >= 4 is 22.6 Å². The maximum absolute atomic E-state index is 5.69. The van der Waals surface area contributed by atoms with Crippen molar-refractivity contribution in [1.82, 2.24) is 0 Å². The molecule has 0 rings (SSSR count). The lowest BCUT2D eigenvalue weighted by Gasteiger charge is -2.26. The van der Waals surface area contributed by atoms with E-state index in [1.54, 1.807) is 0 Å². The zero-order valence-corrected chi connectivity index (χ0v) is 28.8. The largest absolute Gasteiger partial charge is 0.355 e. The lowest BCUT2D eigenvalue weighted by molar-refractivity contribution is -0.0561. The molecule has 0 fully saturated rings. The summed E-state index contributed by atoms with van der Waals surface area (Å²) in [4.78, 5) is 0. The minimum atomic E-state index is 0.476. The molecule has 0 amide bonds. The molecule has 0 aromatic heterocycles. The van der Waals surface area contributed by atoms with Gasteiger partial charge < -0.3 is 9.47 Å². The van der Waals surface area contributed by atoms with E-state index < -0.39 is 0 Å². The molecule has 224 valence electrons. The minimum absolute atomic E-state index is 0.476. The summed E-state index contributed by atoms with van der Waals surface area (Å²) in [7, 11) is 0. The molecule has 0 aromatic carbocycles. The van der Waals surface area contributed by atoms with Crippen LogP contribution in [0.4, 0.5) is 0 Å². The molecule has 3 heteroatoms. The number of alkyl halides is 1. The number of ether oxygens (including phenoxy) is 2. The summed E-state index contributed by atoms with van der Waals surface area (Å²) in [6.45, 7) is 21.8. The second-order valence-corrected chi connectivity index (χ2v) is 14.6. The Morgan fingerprint density at radius 1 is 0.459 bits per heavy atom. The summed E-state index contributed by atoms with van der Waals surface area (Å²) in [5.41, 5.74) is 0. The summed E-state index contributed by atoms with van der Waals surface area (Å²) in [5, 5.41) is 0. The quantitative estimate of drug-likeness (QED) is 0.0387. The first kappa shape index (κ1) is 37.6. The molecule has 37 heavy (non-hydrogen) atoms. The van der Waals surface area contributed by atoms with Gasteiger partial charge in [0.2, 0.25) is 0 Å². The van der Waals surface area contributed by atoms with E-state index in [1.807, 2.05) is 0 Å². The fraction of sp³-hybridized carbons (Fsp3) is 1.00. The van der Waals surface area contributed by atoms with Gasteiger partial charge in [-0.25, -0.2) is 0 Å². The molecule has 0 saturated heterocycles. The average Bonchev–Trinajstić information content (AvgIpc) is 2.80. The van der Waals surface area contributed by atoms with Crippen molar-refractivity contribution in [3.63, 3.8) is 0 Å². The molecule has 0 aromatic rings. The number of hydrogen-bond acceptors (Lipinski definition) is 2. The van der Waals surface area contributed by atoms with Crippen LogP contribution in [0.5, 0.6) is 0 Å². The van der Waals surface area contributed by atoms with Crippen molar-refractivity contribution in [1.29, 1.82) is 0 Å². The Morgan fingerprint density at radius 3 is 1.27 bits per heavy atom. The lowest BCUT2D eigenvalue weighted by Crippen LogP contribution is -2.14. The Hall–Kier alpha value is 0.650. The van der Waals surface area contributed by atoms with Gasteiger partial charge in [-0.2, -0.15) is 0 Å². The summed E-state index contributed by atoms with van der Waals surface area (Å²) < 4.78 is 12.6. The van der Waals surface area contributed by atoms with E-state index in [1.165, 1.54) is 94.3 Å². The molecule has 2 nitrogen and oxygen atoms in total. The van der Waals surface area contributed by atoms with Crippen molar-refractivity contribution < 1.29 is 9.47 Å². The van der Waals surface area contributed by atoms with E-state index in [4.69, 9.17) is 9.47 Å². The van der Waals surface area contributed by atoms with Gasteiger partial charge in [-0.3, -0.25) is 0 Å². The Kier molecular flexibility index (Phi) is 26.1. The first-order valence-corrected chi connectivity index (χ1v) is 17.9. The van der Waals surface area contributed by atoms with Gasteiger partial charge >= 0.3 is 0 Å². The van der Waals surface area contributed by atoms with Gasteiger partial charge in [0.1, 0.15) is 6.79 Å². The second kappa shape index (κ2) is 25.6. The number of halogens is 1. The van der Waals surface area contributed by atoms with Gasteiger partial charge in [0.05, 0.1) is 0 Å². The second-order valence-electron chi connectivity index (χ2n) is 13.5. The third-order valence-electron chi connectivity index (χ3n) is 8.20. The number of rotatable bonds is 27. The summed E-state index contributed by atoms with van der Waals surface area (Å²) >= 11 is 2.52. The molecule has 0 radical (unpaired) electrons. The summed E-state index contributed by atoms with van der Waals surface area (Å²) in [6, 6.07) is 0. The molecular weight excluding hydrogens is 567 g/mol. The smallest absolute Gasteiger partial charge is 0.146 e. The maximum atomic E-state index is 5.69. The highest BCUT2D eigenvalue weighted by Gasteiger charge is 2.18. The first-order chi connectivity index (χ1) is 17.7. The van der Waals surface area contributed by atoms with Crippen LogP contribution in [0.1, 0.15) is 152 Å².